The van der Waals surface area contributed by atoms with Gasteiger partial charge in [0, 0.05) is 0 Å². The fourth-order valence-corrected chi connectivity index (χ4v) is 4.66. The Morgan fingerprint density at radius 1 is 0.917 bits per heavy atom. The molecular formula is C33H46O3. The second-order valence-electron chi connectivity index (χ2n) is 10.4. The van der Waals surface area contributed by atoms with Gasteiger partial charge in [-0.1, -0.05) is 108 Å². The van der Waals surface area contributed by atoms with Gasteiger partial charge in [-0.25, -0.2) is 4.79 Å². The Morgan fingerprint density at radius 2 is 1.50 bits per heavy atom. The van der Waals surface area contributed by atoms with E-state index >= 15 is 0 Å². The SMILES string of the molecule is C=CC(C)=O.CCCCCCCC1CCC1.Cc1cc(-c2ccc(C(=O)O)cc2)ccc1C1CCC1. The van der Waals surface area contributed by atoms with Crippen molar-refractivity contribution in [3.8, 4) is 11.1 Å². The van der Waals surface area contributed by atoms with Crippen LogP contribution in [0.2, 0.25) is 0 Å². The molecule has 0 saturated heterocycles. The van der Waals surface area contributed by atoms with Crippen molar-refractivity contribution in [2.24, 2.45) is 5.92 Å². The summed E-state index contributed by atoms with van der Waals surface area (Å²) in [4.78, 5) is 20.6. The standard InChI is InChI=1S/C18H18O2.C11H22.C4H6O/c1-12-11-16(9-10-17(12)14-3-2-4-14)13-5-7-15(8-6-13)18(19)20;1-2-3-4-5-6-8-11-9-7-10-11;1-3-4(2)5/h5-11,14H,2-4H2,1H3,(H,19,20);11H,2-10H2,1H3;3H,1H2,2H3. The lowest BCUT2D eigenvalue weighted by molar-refractivity contribution is -0.112. The maximum absolute atomic E-state index is 10.9. The fraction of sp³-hybridized carbons (Fsp3) is 0.515. The summed E-state index contributed by atoms with van der Waals surface area (Å²) >= 11 is 0. The molecule has 2 aromatic rings. The molecule has 3 heteroatoms. The Labute approximate surface area is 219 Å². The van der Waals surface area contributed by atoms with Gasteiger partial charge in [-0.3, -0.25) is 4.79 Å². The normalized spacial score (nSPS) is 14.8. The average molecular weight is 491 g/mol. The van der Waals surface area contributed by atoms with Gasteiger partial charge in [0.25, 0.3) is 0 Å². The van der Waals surface area contributed by atoms with Crippen molar-refractivity contribution in [3.05, 3.63) is 71.8 Å². The van der Waals surface area contributed by atoms with Crippen LogP contribution in [0.1, 0.15) is 118 Å². The molecule has 0 heterocycles. The van der Waals surface area contributed by atoms with Crippen LogP contribution >= 0.6 is 0 Å². The zero-order chi connectivity index (χ0) is 26.3. The Hall–Kier alpha value is -2.68. The Kier molecular flexibility index (Phi) is 13.2. The molecule has 0 aromatic heterocycles. The summed E-state index contributed by atoms with van der Waals surface area (Å²) in [6.07, 6.45) is 18.7. The van der Waals surface area contributed by atoms with Gasteiger partial charge in [-0.05, 0) is 79.0 Å². The third-order valence-corrected chi connectivity index (χ3v) is 7.51. The van der Waals surface area contributed by atoms with E-state index in [0.29, 0.717) is 5.56 Å². The van der Waals surface area contributed by atoms with E-state index in [-0.39, 0.29) is 5.78 Å². The molecule has 2 fully saturated rings. The molecule has 0 spiro atoms. The third-order valence-electron chi connectivity index (χ3n) is 7.51. The maximum Gasteiger partial charge on any atom is 0.335 e. The van der Waals surface area contributed by atoms with Crippen LogP contribution in [0.3, 0.4) is 0 Å². The largest absolute Gasteiger partial charge is 0.478 e. The van der Waals surface area contributed by atoms with Crippen molar-refractivity contribution in [2.45, 2.75) is 104 Å². The number of carboxylic acid groups (broad SMARTS) is 1. The summed E-state index contributed by atoms with van der Waals surface area (Å²) in [6, 6.07) is 13.7. The van der Waals surface area contributed by atoms with Gasteiger partial charge >= 0.3 is 5.97 Å². The zero-order valence-corrected chi connectivity index (χ0v) is 22.7. The van der Waals surface area contributed by atoms with E-state index in [0.717, 1.165) is 23.0 Å². The minimum atomic E-state index is -0.881. The average Bonchev–Trinajstić information content (AvgIpc) is 2.81. The first kappa shape index (κ1) is 29.5. The maximum atomic E-state index is 10.9. The fourth-order valence-electron chi connectivity index (χ4n) is 4.66. The summed E-state index contributed by atoms with van der Waals surface area (Å²) in [6.45, 7) is 9.13. The number of carbonyl (C=O) groups is 2. The predicted octanol–water partition coefficient (Wildman–Crippen LogP) is 9.54. The summed E-state index contributed by atoms with van der Waals surface area (Å²) in [5, 5.41) is 8.92. The molecule has 196 valence electrons. The summed E-state index contributed by atoms with van der Waals surface area (Å²) < 4.78 is 0. The number of allylic oxidation sites excluding steroid dienone is 1. The third kappa shape index (κ3) is 10.1. The molecule has 0 unspecified atom stereocenters. The van der Waals surface area contributed by atoms with E-state index in [9.17, 15) is 9.59 Å². The van der Waals surface area contributed by atoms with E-state index in [4.69, 9.17) is 5.11 Å². The van der Waals surface area contributed by atoms with Crippen molar-refractivity contribution in [2.75, 3.05) is 0 Å². The quantitative estimate of drug-likeness (QED) is 0.266. The minimum absolute atomic E-state index is 0.0185. The number of aryl methyl sites for hydroxylation is 1. The topological polar surface area (TPSA) is 54.4 Å². The van der Waals surface area contributed by atoms with Gasteiger partial charge in [0.05, 0.1) is 5.56 Å². The Bertz CT molecular complexity index is 949. The highest BCUT2D eigenvalue weighted by Gasteiger charge is 2.21. The zero-order valence-electron chi connectivity index (χ0n) is 22.7. The highest BCUT2D eigenvalue weighted by molar-refractivity contribution is 5.88. The van der Waals surface area contributed by atoms with Gasteiger partial charge in [-0.15, -0.1) is 0 Å². The van der Waals surface area contributed by atoms with Crippen molar-refractivity contribution < 1.29 is 14.7 Å². The number of hydrogen-bond donors (Lipinski definition) is 1. The van der Waals surface area contributed by atoms with Crippen molar-refractivity contribution in [1.29, 1.82) is 0 Å². The number of benzene rings is 2. The number of carbonyl (C=O) groups excluding carboxylic acids is 1. The molecule has 2 aromatic carbocycles. The number of rotatable bonds is 10. The molecule has 4 rings (SSSR count). The number of aromatic carboxylic acids is 1. The van der Waals surface area contributed by atoms with E-state index in [1.54, 1.807) is 12.1 Å². The van der Waals surface area contributed by atoms with E-state index in [1.165, 1.54) is 101 Å². The second-order valence-corrected chi connectivity index (χ2v) is 10.4. The van der Waals surface area contributed by atoms with E-state index in [2.05, 4.69) is 38.6 Å². The van der Waals surface area contributed by atoms with Crippen molar-refractivity contribution >= 4 is 11.8 Å². The molecule has 0 amide bonds. The van der Waals surface area contributed by atoms with Crippen LogP contribution in [0.5, 0.6) is 0 Å². The van der Waals surface area contributed by atoms with Gasteiger partial charge in [-0.2, -0.15) is 0 Å². The molecule has 1 N–H and O–H groups in total. The first-order chi connectivity index (χ1) is 17.3. The molecule has 2 aliphatic rings. The first-order valence-corrected chi connectivity index (χ1v) is 13.9. The van der Waals surface area contributed by atoms with Gasteiger partial charge < -0.3 is 5.11 Å². The number of ketones is 1. The molecule has 0 aliphatic heterocycles. The Morgan fingerprint density at radius 3 is 1.94 bits per heavy atom. The van der Waals surface area contributed by atoms with Crippen LogP contribution in [0.15, 0.2) is 55.1 Å². The van der Waals surface area contributed by atoms with Crippen molar-refractivity contribution in [1.82, 2.24) is 0 Å². The lowest BCUT2D eigenvalue weighted by atomic mass is 9.78. The van der Waals surface area contributed by atoms with Crippen LogP contribution in [-0.2, 0) is 4.79 Å². The van der Waals surface area contributed by atoms with Crippen molar-refractivity contribution in [3.63, 3.8) is 0 Å². The molecule has 0 bridgehead atoms. The molecule has 0 atom stereocenters. The molecule has 2 aliphatic carbocycles. The second kappa shape index (κ2) is 16.1. The molecule has 3 nitrogen and oxygen atoms in total. The smallest absolute Gasteiger partial charge is 0.335 e. The monoisotopic (exact) mass is 490 g/mol. The summed E-state index contributed by atoms with van der Waals surface area (Å²) in [5.41, 5.74) is 5.37. The van der Waals surface area contributed by atoms with E-state index < -0.39 is 5.97 Å². The van der Waals surface area contributed by atoms with Crippen LogP contribution < -0.4 is 0 Å². The lowest BCUT2D eigenvalue weighted by Gasteiger charge is -2.27. The highest BCUT2D eigenvalue weighted by Crippen LogP contribution is 2.39. The van der Waals surface area contributed by atoms with Crippen LogP contribution in [0.25, 0.3) is 11.1 Å². The lowest BCUT2D eigenvalue weighted by Crippen LogP contribution is -2.10. The van der Waals surface area contributed by atoms with Crippen LogP contribution in [0, 0.1) is 12.8 Å². The molecule has 2 saturated carbocycles. The Balaban J connectivity index is 0.000000240. The van der Waals surface area contributed by atoms with Gasteiger partial charge in [0.15, 0.2) is 5.78 Å². The van der Waals surface area contributed by atoms with Crippen LogP contribution in [0.4, 0.5) is 0 Å². The molecule has 0 radical (unpaired) electrons. The summed E-state index contributed by atoms with van der Waals surface area (Å²) in [7, 11) is 0. The molecule has 36 heavy (non-hydrogen) atoms. The van der Waals surface area contributed by atoms with Gasteiger partial charge in [0.1, 0.15) is 0 Å². The van der Waals surface area contributed by atoms with Crippen LogP contribution in [-0.4, -0.2) is 16.9 Å². The predicted molar refractivity (Wildman–Crippen MR) is 152 cm³/mol. The number of carboxylic acids is 1. The number of hydrogen-bond acceptors (Lipinski definition) is 2. The van der Waals surface area contributed by atoms with Gasteiger partial charge in [0.2, 0.25) is 0 Å². The first-order valence-electron chi connectivity index (χ1n) is 13.9. The minimum Gasteiger partial charge on any atom is -0.478 e. The molecular weight excluding hydrogens is 444 g/mol. The number of unbranched alkanes of at least 4 members (excludes halogenated alkanes) is 4. The van der Waals surface area contributed by atoms with E-state index in [1.807, 2.05) is 12.1 Å². The summed E-state index contributed by atoms with van der Waals surface area (Å²) in [5.74, 6) is 1.02. The highest BCUT2D eigenvalue weighted by atomic mass is 16.4.